The lowest BCUT2D eigenvalue weighted by Crippen LogP contribution is -1.72. The summed E-state index contributed by atoms with van der Waals surface area (Å²) >= 11 is 5.50. The van der Waals surface area contributed by atoms with Crippen molar-refractivity contribution in [2.24, 2.45) is 0 Å². The van der Waals surface area contributed by atoms with Gasteiger partial charge < -0.3 is 0 Å². The van der Waals surface area contributed by atoms with Crippen LogP contribution in [-0.4, -0.2) is 10.9 Å². The first-order valence-corrected chi connectivity index (χ1v) is 4.09. The summed E-state index contributed by atoms with van der Waals surface area (Å²) in [5.41, 5.74) is 1.17. The maximum Gasteiger partial charge on any atom is 0.0273 e. The van der Waals surface area contributed by atoms with Crippen molar-refractivity contribution in [1.29, 1.82) is 0 Å². The van der Waals surface area contributed by atoms with Crippen LogP contribution >= 0.6 is 11.6 Å². The highest BCUT2D eigenvalue weighted by molar-refractivity contribution is 6.17. The largest absolute Gasteiger partial charge is 0.265 e. The zero-order chi connectivity index (χ0) is 7.94. The number of aromatic nitrogens is 1. The Bertz CT molecular complexity index is 218. The van der Waals surface area contributed by atoms with Crippen LogP contribution in [-0.2, 0) is 0 Å². The van der Waals surface area contributed by atoms with Crippen LogP contribution in [0.3, 0.4) is 0 Å². The molecule has 0 amide bonds. The zero-order valence-electron chi connectivity index (χ0n) is 6.20. The van der Waals surface area contributed by atoms with E-state index in [-0.39, 0.29) is 0 Å². The average Bonchev–Trinajstić information content (AvgIpc) is 2.07. The van der Waals surface area contributed by atoms with E-state index >= 15 is 0 Å². The van der Waals surface area contributed by atoms with Crippen LogP contribution in [0, 0.1) is 0 Å². The van der Waals surface area contributed by atoms with Crippen molar-refractivity contribution in [3.05, 3.63) is 36.2 Å². The fourth-order valence-corrected chi connectivity index (χ4v) is 0.883. The number of rotatable bonds is 3. The molecule has 0 aromatic carbocycles. The molecule has 1 aromatic heterocycles. The van der Waals surface area contributed by atoms with Crippen LogP contribution in [0.15, 0.2) is 30.6 Å². The van der Waals surface area contributed by atoms with Crippen molar-refractivity contribution in [3.8, 4) is 0 Å². The van der Waals surface area contributed by atoms with Crippen LogP contribution in [0.2, 0.25) is 0 Å². The predicted molar refractivity (Wildman–Crippen MR) is 48.6 cm³/mol. The van der Waals surface area contributed by atoms with Crippen LogP contribution in [0.25, 0.3) is 6.08 Å². The second-order valence-electron chi connectivity index (χ2n) is 2.16. The first kappa shape index (κ1) is 8.28. The molecule has 0 spiro atoms. The fourth-order valence-electron chi connectivity index (χ4n) is 0.757. The van der Waals surface area contributed by atoms with Gasteiger partial charge in [-0.3, -0.25) is 4.98 Å². The Morgan fingerprint density at radius 2 is 2.09 bits per heavy atom. The molecule has 0 fully saturated rings. The van der Waals surface area contributed by atoms with Gasteiger partial charge in [0.05, 0.1) is 0 Å². The Morgan fingerprint density at radius 1 is 1.36 bits per heavy atom. The summed E-state index contributed by atoms with van der Waals surface area (Å²) in [6, 6.07) is 3.93. The Balaban J connectivity index is 2.50. The maximum atomic E-state index is 5.50. The molecular weight excluding hydrogens is 158 g/mol. The van der Waals surface area contributed by atoms with Crippen molar-refractivity contribution in [1.82, 2.24) is 4.98 Å². The van der Waals surface area contributed by atoms with Crippen molar-refractivity contribution >= 4 is 17.7 Å². The smallest absolute Gasteiger partial charge is 0.0273 e. The molecule has 0 radical (unpaired) electrons. The molecule has 0 bridgehead atoms. The summed E-state index contributed by atoms with van der Waals surface area (Å²) in [6.07, 6.45) is 8.58. The van der Waals surface area contributed by atoms with Crippen LogP contribution in [0.4, 0.5) is 0 Å². The summed E-state index contributed by atoms with van der Waals surface area (Å²) in [6.45, 7) is 0. The topological polar surface area (TPSA) is 12.9 Å². The average molecular weight is 168 g/mol. The van der Waals surface area contributed by atoms with Crippen LogP contribution in [0.1, 0.15) is 12.0 Å². The molecule has 0 aliphatic rings. The van der Waals surface area contributed by atoms with Gasteiger partial charge in [-0.05, 0) is 24.1 Å². The van der Waals surface area contributed by atoms with E-state index in [0.29, 0.717) is 5.88 Å². The third-order valence-electron chi connectivity index (χ3n) is 1.29. The molecule has 0 aliphatic carbocycles. The zero-order valence-corrected chi connectivity index (χ0v) is 6.96. The van der Waals surface area contributed by atoms with E-state index in [2.05, 4.69) is 11.1 Å². The van der Waals surface area contributed by atoms with Gasteiger partial charge in [0.2, 0.25) is 0 Å². The summed E-state index contributed by atoms with van der Waals surface area (Å²) in [5.74, 6) is 0.682. The SMILES string of the molecule is ClCCC=Cc1ccncc1. The predicted octanol–water partition coefficient (Wildman–Crippen LogP) is 2.72. The van der Waals surface area contributed by atoms with E-state index in [1.165, 1.54) is 5.56 Å². The number of allylic oxidation sites excluding steroid dienone is 1. The maximum absolute atomic E-state index is 5.50. The van der Waals surface area contributed by atoms with Gasteiger partial charge in [0, 0.05) is 18.3 Å². The molecule has 0 atom stereocenters. The van der Waals surface area contributed by atoms with E-state index in [9.17, 15) is 0 Å². The molecule has 2 heteroatoms. The Kier molecular flexibility index (Phi) is 3.70. The van der Waals surface area contributed by atoms with E-state index in [1.54, 1.807) is 12.4 Å². The lowest BCUT2D eigenvalue weighted by molar-refractivity contribution is 1.24. The summed E-state index contributed by atoms with van der Waals surface area (Å²) < 4.78 is 0. The van der Waals surface area contributed by atoms with E-state index < -0.39 is 0 Å². The third-order valence-corrected chi connectivity index (χ3v) is 1.51. The normalized spacial score (nSPS) is 10.6. The molecule has 1 nitrogen and oxygen atoms in total. The quantitative estimate of drug-likeness (QED) is 0.631. The number of nitrogens with zero attached hydrogens (tertiary/aromatic N) is 1. The lowest BCUT2D eigenvalue weighted by atomic mass is 10.2. The summed E-state index contributed by atoms with van der Waals surface area (Å²) in [4.78, 5) is 3.91. The van der Waals surface area contributed by atoms with Crippen molar-refractivity contribution in [3.63, 3.8) is 0 Å². The highest BCUT2D eigenvalue weighted by Gasteiger charge is 1.81. The minimum absolute atomic E-state index is 0.682. The van der Waals surface area contributed by atoms with Crippen LogP contribution < -0.4 is 0 Å². The first-order chi connectivity index (χ1) is 5.43. The third kappa shape index (κ3) is 3.19. The Morgan fingerprint density at radius 3 is 2.73 bits per heavy atom. The van der Waals surface area contributed by atoms with Gasteiger partial charge in [-0.15, -0.1) is 11.6 Å². The Hall–Kier alpha value is -0.820. The van der Waals surface area contributed by atoms with Gasteiger partial charge in [-0.2, -0.15) is 0 Å². The molecule has 58 valence electrons. The van der Waals surface area contributed by atoms with E-state index in [1.807, 2.05) is 18.2 Å². The minimum Gasteiger partial charge on any atom is -0.265 e. The van der Waals surface area contributed by atoms with Gasteiger partial charge in [-0.1, -0.05) is 12.2 Å². The number of halogens is 1. The Labute approximate surface area is 71.7 Å². The molecule has 0 unspecified atom stereocenters. The number of alkyl halides is 1. The van der Waals surface area contributed by atoms with Gasteiger partial charge in [0.25, 0.3) is 0 Å². The van der Waals surface area contributed by atoms with Gasteiger partial charge in [0.15, 0.2) is 0 Å². The number of hydrogen-bond donors (Lipinski definition) is 0. The first-order valence-electron chi connectivity index (χ1n) is 3.56. The summed E-state index contributed by atoms with van der Waals surface area (Å²) in [7, 11) is 0. The van der Waals surface area contributed by atoms with Gasteiger partial charge in [0.1, 0.15) is 0 Å². The standard InChI is InChI=1S/C9H10ClN/c10-6-2-1-3-9-4-7-11-8-5-9/h1,3-5,7-8H,2,6H2. The summed E-state index contributed by atoms with van der Waals surface area (Å²) in [5, 5.41) is 0. The van der Waals surface area contributed by atoms with E-state index in [0.717, 1.165) is 6.42 Å². The molecule has 0 saturated heterocycles. The second kappa shape index (κ2) is 4.91. The number of pyridine rings is 1. The van der Waals surface area contributed by atoms with Crippen LogP contribution in [0.5, 0.6) is 0 Å². The molecule has 1 aromatic rings. The fraction of sp³-hybridized carbons (Fsp3) is 0.222. The molecule has 11 heavy (non-hydrogen) atoms. The lowest BCUT2D eigenvalue weighted by Gasteiger charge is -1.88. The monoisotopic (exact) mass is 167 g/mol. The molecule has 0 N–H and O–H groups in total. The van der Waals surface area contributed by atoms with Gasteiger partial charge >= 0.3 is 0 Å². The molecule has 0 saturated carbocycles. The highest BCUT2D eigenvalue weighted by atomic mass is 35.5. The van der Waals surface area contributed by atoms with E-state index in [4.69, 9.17) is 11.6 Å². The molecular formula is C9H10ClN. The molecule has 0 aliphatic heterocycles. The molecule has 1 rings (SSSR count). The van der Waals surface area contributed by atoms with Crippen molar-refractivity contribution < 1.29 is 0 Å². The highest BCUT2D eigenvalue weighted by Crippen LogP contribution is 2.00. The second-order valence-corrected chi connectivity index (χ2v) is 2.54. The minimum atomic E-state index is 0.682. The molecule has 1 heterocycles. The van der Waals surface area contributed by atoms with Crippen molar-refractivity contribution in [2.45, 2.75) is 6.42 Å². The van der Waals surface area contributed by atoms with Crippen molar-refractivity contribution in [2.75, 3.05) is 5.88 Å². The number of hydrogen-bond acceptors (Lipinski definition) is 1. The van der Waals surface area contributed by atoms with Gasteiger partial charge in [-0.25, -0.2) is 0 Å².